The van der Waals surface area contributed by atoms with Gasteiger partial charge in [0.1, 0.15) is 0 Å². The molecule has 2 atom stereocenters. The van der Waals surface area contributed by atoms with Crippen molar-refractivity contribution < 1.29 is 10.2 Å². The summed E-state index contributed by atoms with van der Waals surface area (Å²) in [5.41, 5.74) is 0. The van der Waals surface area contributed by atoms with Crippen molar-refractivity contribution in [3.8, 4) is 0 Å². The minimum atomic E-state index is -0.149. The van der Waals surface area contributed by atoms with Crippen LogP contribution in [0.4, 0.5) is 0 Å². The average Bonchev–Trinajstić information content (AvgIpc) is 2.35. The van der Waals surface area contributed by atoms with E-state index in [4.69, 9.17) is 0 Å². The van der Waals surface area contributed by atoms with Crippen molar-refractivity contribution in [2.75, 3.05) is 0 Å². The van der Waals surface area contributed by atoms with Gasteiger partial charge in [-0.2, -0.15) is 0 Å². The third-order valence-corrected chi connectivity index (χ3v) is 3.61. The summed E-state index contributed by atoms with van der Waals surface area (Å²) in [7, 11) is 0. The second-order valence-electron chi connectivity index (χ2n) is 5.58. The van der Waals surface area contributed by atoms with E-state index in [1.807, 2.05) is 0 Å². The number of rotatable bonds is 13. The minimum absolute atomic E-state index is 0.148. The quantitative estimate of drug-likeness (QED) is 0.480. The highest BCUT2D eigenvalue weighted by atomic mass is 16.3. The lowest BCUT2D eigenvalue weighted by Gasteiger charge is -2.13. The maximum Gasteiger partial charge on any atom is 0.0540 e. The first-order valence-electron chi connectivity index (χ1n) is 8.06. The van der Waals surface area contributed by atoms with Crippen LogP contribution in [0.15, 0.2) is 0 Å². The first-order valence-corrected chi connectivity index (χ1v) is 8.06. The fourth-order valence-corrected chi connectivity index (χ4v) is 2.31. The summed E-state index contributed by atoms with van der Waals surface area (Å²) in [4.78, 5) is 0. The highest BCUT2D eigenvalue weighted by Crippen LogP contribution is 2.14. The zero-order chi connectivity index (χ0) is 13.6. The maximum absolute atomic E-state index is 9.79. The van der Waals surface area contributed by atoms with E-state index in [0.29, 0.717) is 0 Å². The highest BCUT2D eigenvalue weighted by molar-refractivity contribution is 4.61. The summed E-state index contributed by atoms with van der Waals surface area (Å²) in [6.07, 6.45) is 12.7. The van der Waals surface area contributed by atoms with E-state index in [-0.39, 0.29) is 12.2 Å². The summed E-state index contributed by atoms with van der Waals surface area (Å²) in [5.74, 6) is 0. The minimum Gasteiger partial charge on any atom is -0.393 e. The standard InChI is InChI=1S/C16H34O2/c1-3-5-7-9-12-16(18)14-10-13-15(17)11-8-6-4-2/h15-18H,3-14H2,1-2H3/t15-,16+/m1/s1. The third kappa shape index (κ3) is 12.4. The molecule has 0 heterocycles. The van der Waals surface area contributed by atoms with E-state index in [1.54, 1.807) is 0 Å². The smallest absolute Gasteiger partial charge is 0.0540 e. The molecule has 0 aromatic heterocycles. The molecule has 0 bridgehead atoms. The van der Waals surface area contributed by atoms with Crippen molar-refractivity contribution in [3.05, 3.63) is 0 Å². The third-order valence-electron chi connectivity index (χ3n) is 3.61. The van der Waals surface area contributed by atoms with Crippen molar-refractivity contribution in [2.24, 2.45) is 0 Å². The Bertz CT molecular complexity index is 159. The van der Waals surface area contributed by atoms with Gasteiger partial charge in [0.25, 0.3) is 0 Å². The van der Waals surface area contributed by atoms with Crippen LogP contribution in [0, 0.1) is 0 Å². The number of unbranched alkanes of at least 4 members (excludes halogenated alkanes) is 5. The molecule has 110 valence electrons. The van der Waals surface area contributed by atoms with Crippen LogP contribution in [-0.2, 0) is 0 Å². The van der Waals surface area contributed by atoms with Crippen LogP contribution >= 0.6 is 0 Å². The van der Waals surface area contributed by atoms with Gasteiger partial charge in [-0.25, -0.2) is 0 Å². The number of aliphatic hydroxyl groups excluding tert-OH is 2. The monoisotopic (exact) mass is 258 g/mol. The summed E-state index contributed by atoms with van der Waals surface area (Å²) in [5, 5.41) is 19.5. The van der Waals surface area contributed by atoms with Crippen LogP contribution in [0.1, 0.15) is 90.9 Å². The molecule has 0 saturated carbocycles. The molecule has 0 unspecified atom stereocenters. The molecular formula is C16H34O2. The van der Waals surface area contributed by atoms with Gasteiger partial charge in [-0.3, -0.25) is 0 Å². The lowest BCUT2D eigenvalue weighted by molar-refractivity contribution is 0.121. The molecule has 0 rings (SSSR count). The fraction of sp³-hybridized carbons (Fsp3) is 1.00. The van der Waals surface area contributed by atoms with Crippen LogP contribution in [0.3, 0.4) is 0 Å². The normalized spacial score (nSPS) is 14.7. The molecule has 2 N–H and O–H groups in total. The Hall–Kier alpha value is -0.0800. The average molecular weight is 258 g/mol. The first kappa shape index (κ1) is 17.9. The molecule has 0 aromatic carbocycles. The largest absolute Gasteiger partial charge is 0.393 e. The summed E-state index contributed by atoms with van der Waals surface area (Å²) >= 11 is 0. The topological polar surface area (TPSA) is 40.5 Å². The molecular weight excluding hydrogens is 224 g/mol. The van der Waals surface area contributed by atoms with Crippen LogP contribution in [-0.4, -0.2) is 22.4 Å². The molecule has 0 spiro atoms. The molecule has 0 aromatic rings. The van der Waals surface area contributed by atoms with Gasteiger partial charge in [0, 0.05) is 0 Å². The zero-order valence-electron chi connectivity index (χ0n) is 12.5. The SMILES string of the molecule is CCCCCC[C@H](O)CCC[C@H](O)CCCCC. The molecule has 18 heavy (non-hydrogen) atoms. The van der Waals surface area contributed by atoms with Crippen molar-refractivity contribution >= 4 is 0 Å². The molecule has 0 fully saturated rings. The number of aliphatic hydroxyl groups is 2. The van der Waals surface area contributed by atoms with Crippen LogP contribution in [0.5, 0.6) is 0 Å². The molecule has 0 radical (unpaired) electrons. The molecule has 0 aliphatic rings. The van der Waals surface area contributed by atoms with Crippen molar-refractivity contribution in [1.29, 1.82) is 0 Å². The number of hydrogen-bond donors (Lipinski definition) is 2. The highest BCUT2D eigenvalue weighted by Gasteiger charge is 2.07. The van der Waals surface area contributed by atoms with E-state index in [9.17, 15) is 10.2 Å². The lowest BCUT2D eigenvalue weighted by Crippen LogP contribution is -2.10. The fourth-order valence-electron chi connectivity index (χ4n) is 2.31. The van der Waals surface area contributed by atoms with Crippen LogP contribution in [0.2, 0.25) is 0 Å². The summed E-state index contributed by atoms with van der Waals surface area (Å²) < 4.78 is 0. The maximum atomic E-state index is 9.79. The predicted molar refractivity (Wildman–Crippen MR) is 78.8 cm³/mol. The lowest BCUT2D eigenvalue weighted by atomic mass is 10.0. The Labute approximate surface area is 114 Å². The van der Waals surface area contributed by atoms with Gasteiger partial charge in [0.2, 0.25) is 0 Å². The van der Waals surface area contributed by atoms with E-state index in [0.717, 1.165) is 44.9 Å². The van der Waals surface area contributed by atoms with Crippen LogP contribution in [0.25, 0.3) is 0 Å². The predicted octanol–water partition coefficient (Wildman–Crippen LogP) is 4.43. The van der Waals surface area contributed by atoms with Gasteiger partial charge in [0.05, 0.1) is 12.2 Å². The first-order chi connectivity index (χ1) is 8.70. The van der Waals surface area contributed by atoms with Gasteiger partial charge >= 0.3 is 0 Å². The van der Waals surface area contributed by atoms with Gasteiger partial charge in [-0.05, 0) is 32.1 Å². The molecule has 0 aliphatic heterocycles. The van der Waals surface area contributed by atoms with E-state index >= 15 is 0 Å². The summed E-state index contributed by atoms with van der Waals surface area (Å²) in [6.45, 7) is 4.39. The van der Waals surface area contributed by atoms with E-state index in [1.165, 1.54) is 32.1 Å². The van der Waals surface area contributed by atoms with Gasteiger partial charge < -0.3 is 10.2 Å². The van der Waals surface area contributed by atoms with E-state index < -0.39 is 0 Å². The Kier molecular flexibility index (Phi) is 13.3. The second-order valence-corrected chi connectivity index (χ2v) is 5.58. The second kappa shape index (κ2) is 13.4. The molecule has 2 nitrogen and oxygen atoms in total. The van der Waals surface area contributed by atoms with E-state index in [2.05, 4.69) is 13.8 Å². The summed E-state index contributed by atoms with van der Waals surface area (Å²) in [6, 6.07) is 0. The van der Waals surface area contributed by atoms with Gasteiger partial charge in [0.15, 0.2) is 0 Å². The van der Waals surface area contributed by atoms with Crippen molar-refractivity contribution in [3.63, 3.8) is 0 Å². The van der Waals surface area contributed by atoms with Gasteiger partial charge in [-0.1, -0.05) is 58.8 Å². The Morgan fingerprint density at radius 1 is 0.556 bits per heavy atom. The molecule has 0 amide bonds. The van der Waals surface area contributed by atoms with Gasteiger partial charge in [-0.15, -0.1) is 0 Å². The van der Waals surface area contributed by atoms with Crippen molar-refractivity contribution in [1.82, 2.24) is 0 Å². The van der Waals surface area contributed by atoms with Crippen molar-refractivity contribution in [2.45, 2.75) is 103 Å². The van der Waals surface area contributed by atoms with Crippen LogP contribution < -0.4 is 0 Å². The Morgan fingerprint density at radius 2 is 0.944 bits per heavy atom. The molecule has 2 heteroatoms. The molecule has 0 saturated heterocycles. The molecule has 0 aliphatic carbocycles. The zero-order valence-corrected chi connectivity index (χ0v) is 12.5. The Morgan fingerprint density at radius 3 is 1.44 bits per heavy atom. The Balaban J connectivity index is 3.29. The number of hydrogen-bond acceptors (Lipinski definition) is 2.